The van der Waals surface area contributed by atoms with Crippen LogP contribution in [0.25, 0.3) is 0 Å². The average molecular weight is 655 g/mol. The minimum absolute atomic E-state index is 0.0563. The maximum absolute atomic E-state index is 13.3. The third kappa shape index (κ3) is 15.1. The number of imide groups is 1. The van der Waals surface area contributed by atoms with Gasteiger partial charge in [0, 0.05) is 70.4 Å². The third-order valence-corrected chi connectivity index (χ3v) is 8.91. The first kappa shape index (κ1) is 40.5. The van der Waals surface area contributed by atoms with Crippen molar-refractivity contribution < 1.29 is 28.8 Å². The Balaban J connectivity index is 2.56. The first-order valence-corrected chi connectivity index (χ1v) is 17.0. The van der Waals surface area contributed by atoms with Crippen LogP contribution in [0.4, 0.5) is 0 Å². The van der Waals surface area contributed by atoms with Crippen molar-refractivity contribution in [1.82, 2.24) is 30.2 Å². The maximum atomic E-state index is 13.3. The molecule has 2 atom stereocenters. The fourth-order valence-corrected chi connectivity index (χ4v) is 5.58. The quantitative estimate of drug-likeness (QED) is 0.122. The van der Waals surface area contributed by atoms with E-state index in [0.29, 0.717) is 51.2 Å². The molecular formula is C32H58N6O6S. The molecule has 12 nitrogen and oxygen atoms in total. The van der Waals surface area contributed by atoms with Crippen LogP contribution in [0.2, 0.25) is 0 Å². The van der Waals surface area contributed by atoms with Crippen molar-refractivity contribution in [2.75, 3.05) is 60.2 Å². The maximum Gasteiger partial charge on any atom is 0.245 e. The van der Waals surface area contributed by atoms with Gasteiger partial charge in [-0.25, -0.2) is 0 Å². The van der Waals surface area contributed by atoms with Gasteiger partial charge in [-0.05, 0) is 59.9 Å². The molecule has 1 rings (SSSR count). The second kappa shape index (κ2) is 18.6. The van der Waals surface area contributed by atoms with Crippen LogP contribution in [0.5, 0.6) is 0 Å². The van der Waals surface area contributed by atoms with Gasteiger partial charge in [-0.3, -0.25) is 39.0 Å². The second-order valence-electron chi connectivity index (χ2n) is 14.2. The lowest BCUT2D eigenvalue weighted by molar-refractivity contribution is -0.146. The SMILES string of the molecule is CN(C)CCN(C)C(=O)C(CC(=O)C(C)(C)C)N(C)C(=O)CCCSC1CC(=O)N(CCCCC(=O)NCNC(C)(C)C)C1=O. The average Bonchev–Trinajstić information content (AvgIpc) is 3.19. The van der Waals surface area contributed by atoms with Crippen LogP contribution in [0.1, 0.15) is 86.5 Å². The van der Waals surface area contributed by atoms with Crippen molar-refractivity contribution in [2.24, 2.45) is 5.41 Å². The number of nitrogens with one attached hydrogen (secondary N) is 2. The Bertz CT molecular complexity index is 1040. The standard InChI is InChI=1S/C32H58N6O6S/c1-31(2,3)25(39)20-23(29(43)36(9)18-17-35(7)8)37(10)27(41)15-13-19-45-24-21-28(42)38(30(24)44)16-12-11-14-26(40)33-22-34-32(4,5)6/h23-24,34H,11-22H2,1-10H3,(H,33,40). The van der Waals surface area contributed by atoms with Gasteiger partial charge < -0.3 is 20.0 Å². The number of likely N-dealkylation sites (N-methyl/N-ethyl adjacent to an activating group) is 3. The van der Waals surface area contributed by atoms with E-state index in [1.54, 1.807) is 39.8 Å². The molecule has 1 saturated heterocycles. The molecule has 0 aliphatic carbocycles. The van der Waals surface area contributed by atoms with Gasteiger partial charge in [0.05, 0.1) is 11.9 Å². The fourth-order valence-electron chi connectivity index (χ4n) is 4.46. The molecule has 5 amide bonds. The van der Waals surface area contributed by atoms with Crippen LogP contribution in [0.3, 0.4) is 0 Å². The number of carbonyl (C=O) groups excluding carboxylic acids is 6. The molecule has 45 heavy (non-hydrogen) atoms. The molecule has 0 aromatic rings. The topological polar surface area (TPSA) is 139 Å². The number of carbonyl (C=O) groups is 6. The molecule has 2 unspecified atom stereocenters. The van der Waals surface area contributed by atoms with Gasteiger partial charge in [0.1, 0.15) is 11.8 Å². The summed E-state index contributed by atoms with van der Waals surface area (Å²) in [7, 11) is 7.08. The number of rotatable bonds is 19. The van der Waals surface area contributed by atoms with Crippen LogP contribution >= 0.6 is 11.8 Å². The number of nitrogens with zero attached hydrogens (tertiary/aromatic N) is 4. The molecule has 2 N–H and O–H groups in total. The summed E-state index contributed by atoms with van der Waals surface area (Å²) in [5.41, 5.74) is -0.733. The van der Waals surface area contributed by atoms with E-state index in [9.17, 15) is 28.8 Å². The Morgan fingerprint density at radius 2 is 1.58 bits per heavy atom. The van der Waals surface area contributed by atoms with Crippen LogP contribution in [0, 0.1) is 5.41 Å². The Labute approximate surface area is 274 Å². The predicted octanol–water partition coefficient (Wildman–Crippen LogP) is 2.11. The molecular weight excluding hydrogens is 596 g/mol. The van der Waals surface area contributed by atoms with Crippen LogP contribution in [-0.4, -0.2) is 132 Å². The smallest absolute Gasteiger partial charge is 0.245 e. The van der Waals surface area contributed by atoms with Gasteiger partial charge >= 0.3 is 0 Å². The number of likely N-dealkylation sites (tertiary alicyclic amines) is 1. The monoisotopic (exact) mass is 654 g/mol. The van der Waals surface area contributed by atoms with E-state index in [1.165, 1.54) is 21.6 Å². The number of hydrogen-bond acceptors (Lipinski definition) is 9. The molecule has 1 fully saturated rings. The summed E-state index contributed by atoms with van der Waals surface area (Å²) in [6.45, 7) is 13.2. The van der Waals surface area contributed by atoms with E-state index in [1.807, 2.05) is 39.8 Å². The molecule has 0 radical (unpaired) electrons. The van der Waals surface area contributed by atoms with Crippen molar-refractivity contribution in [2.45, 2.75) is 103 Å². The zero-order valence-corrected chi connectivity index (χ0v) is 30.1. The molecule has 1 aliphatic heterocycles. The van der Waals surface area contributed by atoms with E-state index in [-0.39, 0.29) is 66.7 Å². The minimum atomic E-state index is -0.891. The van der Waals surface area contributed by atoms with E-state index in [0.717, 1.165) is 0 Å². The first-order chi connectivity index (χ1) is 20.7. The Hall–Kier alpha value is -2.51. The van der Waals surface area contributed by atoms with E-state index < -0.39 is 16.7 Å². The molecule has 258 valence electrons. The lowest BCUT2D eigenvalue weighted by Crippen LogP contribution is -2.51. The first-order valence-electron chi connectivity index (χ1n) is 15.9. The summed E-state index contributed by atoms with van der Waals surface area (Å²) in [6.07, 6.45) is 2.14. The van der Waals surface area contributed by atoms with Crippen molar-refractivity contribution in [3.8, 4) is 0 Å². The normalized spacial score (nSPS) is 16.2. The highest BCUT2D eigenvalue weighted by Gasteiger charge is 2.38. The number of hydrogen-bond donors (Lipinski definition) is 2. The zero-order valence-electron chi connectivity index (χ0n) is 29.3. The van der Waals surface area contributed by atoms with E-state index in [4.69, 9.17) is 0 Å². The van der Waals surface area contributed by atoms with E-state index >= 15 is 0 Å². The third-order valence-electron chi connectivity index (χ3n) is 7.62. The van der Waals surface area contributed by atoms with Crippen LogP contribution in [-0.2, 0) is 28.8 Å². The van der Waals surface area contributed by atoms with Crippen molar-refractivity contribution in [3.05, 3.63) is 0 Å². The highest BCUT2D eigenvalue weighted by Crippen LogP contribution is 2.27. The molecule has 0 aromatic carbocycles. The summed E-state index contributed by atoms with van der Waals surface area (Å²) in [6, 6.07) is -0.891. The summed E-state index contributed by atoms with van der Waals surface area (Å²) < 4.78 is 0. The van der Waals surface area contributed by atoms with Gasteiger partial charge in [0.15, 0.2) is 0 Å². The number of ketones is 1. The number of Topliss-reactive ketones (excluding diaryl/α,β-unsaturated/α-hetero) is 1. The van der Waals surface area contributed by atoms with Gasteiger partial charge in [-0.1, -0.05) is 20.8 Å². The van der Waals surface area contributed by atoms with Gasteiger partial charge in [0.25, 0.3) is 0 Å². The zero-order chi connectivity index (χ0) is 34.5. The Morgan fingerprint density at radius 3 is 2.16 bits per heavy atom. The molecule has 0 saturated carbocycles. The van der Waals surface area contributed by atoms with Crippen molar-refractivity contribution >= 4 is 47.1 Å². The van der Waals surface area contributed by atoms with Gasteiger partial charge in [-0.15, -0.1) is 11.8 Å². The Kier molecular flexibility index (Phi) is 16.7. The van der Waals surface area contributed by atoms with Gasteiger partial charge in [0.2, 0.25) is 29.5 Å². The summed E-state index contributed by atoms with van der Waals surface area (Å²) in [5.74, 6) is -0.620. The molecule has 13 heteroatoms. The highest BCUT2D eigenvalue weighted by molar-refractivity contribution is 8.00. The minimum Gasteiger partial charge on any atom is -0.344 e. The van der Waals surface area contributed by atoms with Crippen molar-refractivity contribution in [3.63, 3.8) is 0 Å². The highest BCUT2D eigenvalue weighted by atomic mass is 32.2. The largest absolute Gasteiger partial charge is 0.344 e. The lowest BCUT2D eigenvalue weighted by Gasteiger charge is -2.32. The predicted molar refractivity (Wildman–Crippen MR) is 178 cm³/mol. The van der Waals surface area contributed by atoms with Crippen molar-refractivity contribution in [1.29, 1.82) is 0 Å². The number of unbranched alkanes of at least 4 members (excludes halogenated alkanes) is 1. The molecule has 1 aliphatic rings. The summed E-state index contributed by atoms with van der Waals surface area (Å²) in [4.78, 5) is 82.9. The summed E-state index contributed by atoms with van der Waals surface area (Å²) in [5, 5.41) is 5.51. The fraction of sp³-hybridized carbons (Fsp3) is 0.812. The Morgan fingerprint density at radius 1 is 0.933 bits per heavy atom. The number of amides is 5. The van der Waals surface area contributed by atoms with Crippen LogP contribution in [0.15, 0.2) is 0 Å². The molecule has 0 bridgehead atoms. The molecule has 0 spiro atoms. The molecule has 1 heterocycles. The molecule has 0 aromatic heterocycles. The lowest BCUT2D eigenvalue weighted by atomic mass is 9.86. The van der Waals surface area contributed by atoms with E-state index in [2.05, 4.69) is 10.6 Å². The summed E-state index contributed by atoms with van der Waals surface area (Å²) >= 11 is 1.36. The number of thioether (sulfide) groups is 1. The van der Waals surface area contributed by atoms with Crippen LogP contribution < -0.4 is 10.6 Å². The van der Waals surface area contributed by atoms with Gasteiger partial charge in [-0.2, -0.15) is 0 Å². The second-order valence-corrected chi connectivity index (χ2v) is 15.5.